The number of carbonyl (C=O) groups excluding carboxylic acids is 1. The van der Waals surface area contributed by atoms with Crippen molar-refractivity contribution in [1.82, 2.24) is 4.90 Å². The summed E-state index contributed by atoms with van der Waals surface area (Å²) < 4.78 is 0. The maximum Gasteiger partial charge on any atom is 0.226 e. The van der Waals surface area contributed by atoms with Crippen LogP contribution in [-0.4, -0.2) is 23.4 Å². The van der Waals surface area contributed by atoms with Gasteiger partial charge in [-0.1, -0.05) is 6.92 Å². The molecule has 1 heterocycles. The van der Waals surface area contributed by atoms with Crippen LogP contribution in [0.15, 0.2) is 0 Å². The average Bonchev–Trinajstić information content (AvgIpc) is 2.97. The topological polar surface area (TPSA) is 20.3 Å². The van der Waals surface area contributed by atoms with Gasteiger partial charge in [0.25, 0.3) is 0 Å². The lowest BCUT2D eigenvalue weighted by Gasteiger charge is -2.26. The molecule has 1 saturated heterocycles. The number of hydrogen-bond acceptors (Lipinski definition) is 1. The first kappa shape index (κ1) is 7.84. The van der Waals surface area contributed by atoms with Crippen LogP contribution < -0.4 is 0 Å². The van der Waals surface area contributed by atoms with Crippen molar-refractivity contribution >= 4 is 5.91 Å². The van der Waals surface area contributed by atoms with Gasteiger partial charge in [0.2, 0.25) is 5.91 Å². The zero-order valence-corrected chi connectivity index (χ0v) is 8.20. The van der Waals surface area contributed by atoms with Crippen molar-refractivity contribution in [3.05, 3.63) is 0 Å². The molecule has 2 saturated carbocycles. The molecule has 0 aromatic carbocycles. The van der Waals surface area contributed by atoms with Crippen LogP contribution in [0, 0.1) is 17.8 Å². The van der Waals surface area contributed by atoms with Gasteiger partial charge in [0.05, 0.1) is 0 Å². The number of hydrogen-bond donors (Lipinski definition) is 0. The molecule has 0 radical (unpaired) electrons. The summed E-state index contributed by atoms with van der Waals surface area (Å²) in [6.45, 7) is 3.24. The molecule has 0 N–H and O–H groups in total. The molecule has 3 fully saturated rings. The third-order valence-electron chi connectivity index (χ3n) is 3.97. The molecular formula is C11H17NO. The van der Waals surface area contributed by atoms with E-state index in [0.29, 0.717) is 23.8 Å². The third kappa shape index (κ3) is 1.18. The van der Waals surface area contributed by atoms with Gasteiger partial charge in [0.15, 0.2) is 0 Å². The highest BCUT2D eigenvalue weighted by Crippen LogP contribution is 2.47. The van der Waals surface area contributed by atoms with Crippen LogP contribution in [0.4, 0.5) is 0 Å². The zero-order chi connectivity index (χ0) is 9.00. The van der Waals surface area contributed by atoms with Gasteiger partial charge in [0, 0.05) is 18.5 Å². The molecule has 3 rings (SSSR count). The van der Waals surface area contributed by atoms with Gasteiger partial charge < -0.3 is 4.90 Å². The van der Waals surface area contributed by atoms with E-state index in [4.69, 9.17) is 0 Å². The van der Waals surface area contributed by atoms with Gasteiger partial charge in [-0.15, -0.1) is 0 Å². The maximum atomic E-state index is 11.9. The van der Waals surface area contributed by atoms with Gasteiger partial charge >= 0.3 is 0 Å². The molecule has 72 valence electrons. The minimum atomic E-state index is 0.402. The average molecular weight is 179 g/mol. The lowest BCUT2D eigenvalue weighted by Crippen LogP contribution is -2.38. The second-order valence-corrected chi connectivity index (χ2v) is 5.06. The summed E-state index contributed by atoms with van der Waals surface area (Å²) >= 11 is 0. The molecule has 2 nitrogen and oxygen atoms in total. The first-order valence-electron chi connectivity index (χ1n) is 5.58. The SMILES string of the molecule is CC1CC1C(=O)N1CCCC2CC21. The number of piperidine rings is 1. The number of carbonyl (C=O) groups is 1. The molecule has 4 atom stereocenters. The molecule has 0 bridgehead atoms. The van der Waals surface area contributed by atoms with E-state index in [1.807, 2.05) is 0 Å². The summed E-state index contributed by atoms with van der Waals surface area (Å²) in [5.41, 5.74) is 0. The Morgan fingerprint density at radius 1 is 1.38 bits per heavy atom. The van der Waals surface area contributed by atoms with Gasteiger partial charge in [-0.2, -0.15) is 0 Å². The third-order valence-corrected chi connectivity index (χ3v) is 3.97. The number of likely N-dealkylation sites (tertiary alicyclic amines) is 1. The lowest BCUT2D eigenvalue weighted by molar-refractivity contribution is -0.134. The van der Waals surface area contributed by atoms with E-state index in [1.54, 1.807) is 0 Å². The van der Waals surface area contributed by atoms with Crippen LogP contribution in [0.5, 0.6) is 0 Å². The monoisotopic (exact) mass is 179 g/mol. The Morgan fingerprint density at radius 2 is 2.15 bits per heavy atom. The second-order valence-electron chi connectivity index (χ2n) is 5.06. The molecule has 2 aliphatic carbocycles. The van der Waals surface area contributed by atoms with Crippen LogP contribution in [-0.2, 0) is 4.79 Å². The first-order valence-corrected chi connectivity index (χ1v) is 5.58. The first-order chi connectivity index (χ1) is 6.27. The van der Waals surface area contributed by atoms with E-state index in [9.17, 15) is 4.79 Å². The number of fused-ring (bicyclic) bond motifs is 1. The highest BCUT2D eigenvalue weighted by Gasteiger charge is 2.50. The van der Waals surface area contributed by atoms with Crippen molar-refractivity contribution in [3.8, 4) is 0 Å². The molecule has 0 aromatic heterocycles. The van der Waals surface area contributed by atoms with Crippen molar-refractivity contribution in [2.75, 3.05) is 6.54 Å². The Kier molecular flexibility index (Phi) is 1.50. The number of amides is 1. The standard InChI is InChI=1S/C11H17NO/c1-7-5-9(7)11(13)12-4-2-3-8-6-10(8)12/h7-10H,2-6H2,1H3. The van der Waals surface area contributed by atoms with E-state index in [1.165, 1.54) is 19.3 Å². The highest BCUT2D eigenvalue weighted by molar-refractivity contribution is 5.82. The zero-order valence-electron chi connectivity index (χ0n) is 8.20. The second kappa shape index (κ2) is 2.49. The Balaban J connectivity index is 1.67. The Bertz CT molecular complexity index is 250. The van der Waals surface area contributed by atoms with Crippen molar-refractivity contribution in [3.63, 3.8) is 0 Å². The fourth-order valence-corrected chi connectivity index (χ4v) is 2.77. The Morgan fingerprint density at radius 3 is 2.85 bits per heavy atom. The molecule has 0 spiro atoms. The van der Waals surface area contributed by atoms with E-state index in [-0.39, 0.29) is 0 Å². The van der Waals surface area contributed by atoms with E-state index in [2.05, 4.69) is 11.8 Å². The molecule has 4 unspecified atom stereocenters. The van der Waals surface area contributed by atoms with Crippen LogP contribution in [0.1, 0.15) is 32.6 Å². The largest absolute Gasteiger partial charge is 0.339 e. The predicted octanol–water partition coefficient (Wildman–Crippen LogP) is 1.65. The van der Waals surface area contributed by atoms with E-state index < -0.39 is 0 Å². The molecule has 3 aliphatic rings. The van der Waals surface area contributed by atoms with Crippen molar-refractivity contribution in [2.24, 2.45) is 17.8 Å². The Labute approximate surface area is 79.3 Å². The molecule has 2 heteroatoms. The smallest absolute Gasteiger partial charge is 0.226 e. The van der Waals surface area contributed by atoms with Gasteiger partial charge in [-0.05, 0) is 37.5 Å². The summed E-state index contributed by atoms with van der Waals surface area (Å²) in [6.07, 6.45) is 5.06. The fourth-order valence-electron chi connectivity index (χ4n) is 2.77. The van der Waals surface area contributed by atoms with Crippen LogP contribution in [0.25, 0.3) is 0 Å². The molecular weight excluding hydrogens is 162 g/mol. The van der Waals surface area contributed by atoms with Crippen LogP contribution >= 0.6 is 0 Å². The van der Waals surface area contributed by atoms with Crippen LogP contribution in [0.3, 0.4) is 0 Å². The normalized spacial score (nSPS) is 47.0. The molecule has 0 aromatic rings. The molecule has 1 amide bonds. The minimum Gasteiger partial charge on any atom is -0.339 e. The van der Waals surface area contributed by atoms with E-state index >= 15 is 0 Å². The van der Waals surface area contributed by atoms with Gasteiger partial charge in [-0.3, -0.25) is 4.79 Å². The lowest BCUT2D eigenvalue weighted by atomic mass is 10.1. The predicted molar refractivity (Wildman–Crippen MR) is 50.1 cm³/mol. The summed E-state index contributed by atoms with van der Waals surface area (Å²) in [5, 5.41) is 0. The highest BCUT2D eigenvalue weighted by atomic mass is 16.2. The fraction of sp³-hybridized carbons (Fsp3) is 0.909. The van der Waals surface area contributed by atoms with Crippen molar-refractivity contribution < 1.29 is 4.79 Å². The maximum absolute atomic E-state index is 11.9. The summed E-state index contributed by atoms with van der Waals surface area (Å²) in [4.78, 5) is 14.1. The minimum absolute atomic E-state index is 0.402. The summed E-state index contributed by atoms with van der Waals surface area (Å²) in [5.74, 6) is 2.43. The number of rotatable bonds is 1. The van der Waals surface area contributed by atoms with Gasteiger partial charge in [-0.25, -0.2) is 0 Å². The van der Waals surface area contributed by atoms with E-state index in [0.717, 1.165) is 18.9 Å². The Hall–Kier alpha value is -0.530. The van der Waals surface area contributed by atoms with Crippen molar-refractivity contribution in [1.29, 1.82) is 0 Å². The summed E-state index contributed by atoms with van der Waals surface area (Å²) in [6, 6.07) is 0.661. The number of nitrogens with zero attached hydrogens (tertiary/aromatic N) is 1. The van der Waals surface area contributed by atoms with Crippen molar-refractivity contribution in [2.45, 2.75) is 38.6 Å². The van der Waals surface area contributed by atoms with Crippen LogP contribution in [0.2, 0.25) is 0 Å². The van der Waals surface area contributed by atoms with Gasteiger partial charge in [0.1, 0.15) is 0 Å². The summed E-state index contributed by atoms with van der Waals surface area (Å²) in [7, 11) is 0. The molecule has 13 heavy (non-hydrogen) atoms. The quantitative estimate of drug-likeness (QED) is 0.599. The molecule has 1 aliphatic heterocycles.